The molecule has 1 atom stereocenters. The summed E-state index contributed by atoms with van der Waals surface area (Å²) in [5, 5.41) is 5.94. The van der Waals surface area contributed by atoms with Gasteiger partial charge in [-0.05, 0) is 26.0 Å². The number of nitrogens with one attached hydrogen (secondary N) is 2. The summed E-state index contributed by atoms with van der Waals surface area (Å²) in [7, 11) is 1.67. The van der Waals surface area contributed by atoms with E-state index in [1.807, 2.05) is 18.7 Å². The zero-order valence-corrected chi connectivity index (χ0v) is 10.0. The molecule has 1 amide bonds. The zero-order valence-electron chi connectivity index (χ0n) is 9.22. The minimum atomic E-state index is -0.0791. The van der Waals surface area contributed by atoms with Crippen molar-refractivity contribution >= 4 is 17.7 Å². The number of rotatable bonds is 5. The second-order valence-electron chi connectivity index (χ2n) is 3.96. The first-order valence-electron chi connectivity index (χ1n) is 5.14. The van der Waals surface area contributed by atoms with Crippen molar-refractivity contribution in [3.8, 4) is 0 Å². The van der Waals surface area contributed by atoms with Crippen LogP contribution in [0.1, 0.15) is 26.2 Å². The highest BCUT2D eigenvalue weighted by Gasteiger charge is 2.36. The Morgan fingerprint density at radius 1 is 1.57 bits per heavy atom. The lowest BCUT2D eigenvalue weighted by Gasteiger charge is -2.41. The van der Waals surface area contributed by atoms with Gasteiger partial charge in [0.2, 0.25) is 5.91 Å². The highest BCUT2D eigenvalue weighted by atomic mass is 32.2. The number of amides is 1. The summed E-state index contributed by atoms with van der Waals surface area (Å²) in [6.07, 6.45) is 6.05. The first kappa shape index (κ1) is 11.9. The molecule has 0 aromatic rings. The molecule has 1 fully saturated rings. The number of carbonyl (C=O) groups excluding carboxylic acids is 1. The van der Waals surface area contributed by atoms with Gasteiger partial charge in [-0.1, -0.05) is 6.42 Å². The molecule has 0 spiro atoms. The average Bonchev–Trinajstić information content (AvgIpc) is 2.15. The maximum Gasteiger partial charge on any atom is 0.236 e. The maximum absolute atomic E-state index is 11.2. The van der Waals surface area contributed by atoms with Crippen molar-refractivity contribution in [2.75, 3.05) is 19.8 Å². The molecule has 1 aliphatic carbocycles. The smallest absolute Gasteiger partial charge is 0.236 e. The topological polar surface area (TPSA) is 41.1 Å². The van der Waals surface area contributed by atoms with Gasteiger partial charge in [0.25, 0.3) is 0 Å². The van der Waals surface area contributed by atoms with Crippen molar-refractivity contribution < 1.29 is 4.79 Å². The van der Waals surface area contributed by atoms with Crippen LogP contribution < -0.4 is 10.6 Å². The minimum absolute atomic E-state index is 0.0700. The van der Waals surface area contributed by atoms with Crippen LogP contribution in [0.5, 0.6) is 0 Å². The summed E-state index contributed by atoms with van der Waals surface area (Å²) in [5.41, 5.74) is 0. The molecule has 0 radical (unpaired) electrons. The highest BCUT2D eigenvalue weighted by Crippen LogP contribution is 2.42. The fourth-order valence-corrected chi connectivity index (χ4v) is 2.60. The van der Waals surface area contributed by atoms with E-state index in [0.717, 1.165) is 6.54 Å². The van der Waals surface area contributed by atoms with Gasteiger partial charge in [0, 0.05) is 18.3 Å². The molecule has 4 heteroatoms. The zero-order chi connectivity index (χ0) is 10.6. The first-order chi connectivity index (χ1) is 6.63. The molecule has 0 aromatic heterocycles. The monoisotopic (exact) mass is 216 g/mol. The Labute approximate surface area is 90.4 Å². The molecule has 1 aliphatic rings. The Hall–Kier alpha value is -0.220. The van der Waals surface area contributed by atoms with Crippen molar-refractivity contribution in [3.05, 3.63) is 0 Å². The number of likely N-dealkylation sites (N-methyl/N-ethyl adjacent to an activating group) is 1. The SMILES string of the molecule is CNC(=O)C(C)NCC1(SC)CCC1. The van der Waals surface area contributed by atoms with Crippen LogP contribution in [0.25, 0.3) is 0 Å². The van der Waals surface area contributed by atoms with Gasteiger partial charge >= 0.3 is 0 Å². The fraction of sp³-hybridized carbons (Fsp3) is 0.900. The summed E-state index contributed by atoms with van der Waals surface area (Å²) in [6, 6.07) is -0.0791. The second-order valence-corrected chi connectivity index (χ2v) is 5.23. The Bertz CT molecular complexity index is 199. The third kappa shape index (κ3) is 2.64. The normalized spacial score (nSPS) is 21.1. The molecule has 3 nitrogen and oxygen atoms in total. The lowest BCUT2D eigenvalue weighted by molar-refractivity contribution is -0.122. The minimum Gasteiger partial charge on any atom is -0.358 e. The molecular formula is C10H20N2OS. The van der Waals surface area contributed by atoms with E-state index in [1.165, 1.54) is 19.3 Å². The van der Waals surface area contributed by atoms with Gasteiger partial charge in [0.05, 0.1) is 6.04 Å². The van der Waals surface area contributed by atoms with E-state index in [4.69, 9.17) is 0 Å². The van der Waals surface area contributed by atoms with Crippen LogP contribution in [-0.2, 0) is 4.79 Å². The van der Waals surface area contributed by atoms with Crippen molar-refractivity contribution in [2.45, 2.75) is 37.0 Å². The van der Waals surface area contributed by atoms with Gasteiger partial charge < -0.3 is 10.6 Å². The second kappa shape index (κ2) is 5.03. The Morgan fingerprint density at radius 3 is 2.57 bits per heavy atom. The maximum atomic E-state index is 11.2. The van der Waals surface area contributed by atoms with Gasteiger partial charge in [-0.2, -0.15) is 11.8 Å². The van der Waals surface area contributed by atoms with Gasteiger partial charge in [0.1, 0.15) is 0 Å². The van der Waals surface area contributed by atoms with Crippen LogP contribution in [0.15, 0.2) is 0 Å². The molecular weight excluding hydrogens is 196 g/mol. The predicted octanol–water partition coefficient (Wildman–Crippen LogP) is 0.996. The number of hydrogen-bond acceptors (Lipinski definition) is 3. The van der Waals surface area contributed by atoms with Gasteiger partial charge in [-0.3, -0.25) is 4.79 Å². The number of carbonyl (C=O) groups is 1. The van der Waals surface area contributed by atoms with Crippen LogP contribution in [0, 0.1) is 0 Å². The molecule has 0 aliphatic heterocycles. The van der Waals surface area contributed by atoms with Gasteiger partial charge in [-0.25, -0.2) is 0 Å². The van der Waals surface area contributed by atoms with E-state index in [9.17, 15) is 4.79 Å². The largest absolute Gasteiger partial charge is 0.358 e. The number of thioether (sulfide) groups is 1. The van der Waals surface area contributed by atoms with Crippen molar-refractivity contribution in [3.63, 3.8) is 0 Å². The summed E-state index contributed by atoms with van der Waals surface area (Å²) >= 11 is 1.93. The van der Waals surface area contributed by atoms with Crippen LogP contribution in [0.3, 0.4) is 0 Å². The van der Waals surface area contributed by atoms with Crippen LogP contribution in [0.2, 0.25) is 0 Å². The van der Waals surface area contributed by atoms with E-state index in [0.29, 0.717) is 4.75 Å². The van der Waals surface area contributed by atoms with Crippen LogP contribution >= 0.6 is 11.8 Å². The molecule has 1 saturated carbocycles. The van der Waals surface area contributed by atoms with E-state index >= 15 is 0 Å². The third-order valence-corrected chi connectivity index (χ3v) is 4.49. The fourth-order valence-electron chi connectivity index (χ4n) is 1.67. The molecule has 0 saturated heterocycles. The molecule has 82 valence electrons. The van der Waals surface area contributed by atoms with E-state index in [2.05, 4.69) is 16.9 Å². The molecule has 1 rings (SSSR count). The lowest BCUT2D eigenvalue weighted by Crippen LogP contribution is -2.49. The predicted molar refractivity (Wildman–Crippen MR) is 61.6 cm³/mol. The Kier molecular flexibility index (Phi) is 4.26. The Morgan fingerprint density at radius 2 is 2.21 bits per heavy atom. The third-order valence-electron chi connectivity index (χ3n) is 3.07. The van der Waals surface area contributed by atoms with E-state index < -0.39 is 0 Å². The standard InChI is InChI=1S/C10H20N2OS/c1-8(9(13)11-2)12-7-10(14-3)5-4-6-10/h8,12H,4-7H2,1-3H3,(H,11,13). The van der Waals surface area contributed by atoms with E-state index in [-0.39, 0.29) is 11.9 Å². The van der Waals surface area contributed by atoms with Crippen molar-refractivity contribution in [2.24, 2.45) is 0 Å². The van der Waals surface area contributed by atoms with Gasteiger partial charge in [0.15, 0.2) is 0 Å². The van der Waals surface area contributed by atoms with Crippen molar-refractivity contribution in [1.82, 2.24) is 10.6 Å². The quantitative estimate of drug-likeness (QED) is 0.720. The van der Waals surface area contributed by atoms with E-state index in [1.54, 1.807) is 7.05 Å². The van der Waals surface area contributed by atoms with Crippen LogP contribution in [-0.4, -0.2) is 36.5 Å². The summed E-state index contributed by atoms with van der Waals surface area (Å²) in [5.74, 6) is 0.0700. The lowest BCUT2D eigenvalue weighted by atomic mass is 9.84. The molecule has 14 heavy (non-hydrogen) atoms. The van der Waals surface area contributed by atoms with Crippen LogP contribution in [0.4, 0.5) is 0 Å². The molecule has 0 bridgehead atoms. The molecule has 0 heterocycles. The summed E-state index contributed by atoms with van der Waals surface area (Å²) < 4.78 is 0.405. The Balaban J connectivity index is 2.28. The molecule has 1 unspecified atom stereocenters. The number of hydrogen-bond donors (Lipinski definition) is 2. The molecule has 0 aromatic carbocycles. The molecule has 2 N–H and O–H groups in total. The average molecular weight is 216 g/mol. The highest BCUT2D eigenvalue weighted by molar-refractivity contribution is 8.00. The summed E-state index contributed by atoms with van der Waals surface area (Å²) in [6.45, 7) is 2.86. The summed E-state index contributed by atoms with van der Waals surface area (Å²) in [4.78, 5) is 11.2. The van der Waals surface area contributed by atoms with Crippen molar-refractivity contribution in [1.29, 1.82) is 0 Å². The van der Waals surface area contributed by atoms with Gasteiger partial charge in [-0.15, -0.1) is 0 Å². The first-order valence-corrected chi connectivity index (χ1v) is 6.36.